The summed E-state index contributed by atoms with van der Waals surface area (Å²) >= 11 is 0. The fraction of sp³-hybridized carbons (Fsp3) is 0.960. The van der Waals surface area contributed by atoms with Gasteiger partial charge < -0.3 is 9.84 Å². The topological polar surface area (TPSA) is 46.5 Å². The van der Waals surface area contributed by atoms with Crippen molar-refractivity contribution in [2.24, 2.45) is 46.3 Å². The number of carbonyl (C=O) groups is 1. The van der Waals surface area contributed by atoms with Gasteiger partial charge in [-0.25, -0.2) is 0 Å². The summed E-state index contributed by atoms with van der Waals surface area (Å²) in [6, 6.07) is 0. The molecule has 1 N–H and O–H groups in total. The summed E-state index contributed by atoms with van der Waals surface area (Å²) in [6.07, 6.45) is 13.1. The first-order valence-corrected chi connectivity index (χ1v) is 12.0. The number of hydrogen-bond donors (Lipinski definition) is 1. The van der Waals surface area contributed by atoms with Gasteiger partial charge in [0.25, 0.3) is 0 Å². The van der Waals surface area contributed by atoms with Gasteiger partial charge in [0, 0.05) is 6.42 Å². The van der Waals surface area contributed by atoms with Crippen molar-refractivity contribution in [3.8, 4) is 0 Å². The number of carbonyl (C=O) groups excluding carboxylic acids is 1. The van der Waals surface area contributed by atoms with Crippen LogP contribution in [0.5, 0.6) is 0 Å². The van der Waals surface area contributed by atoms with Gasteiger partial charge in [-0.1, -0.05) is 20.8 Å². The average molecular weight is 391 g/mol. The molecule has 0 heterocycles. The largest absolute Gasteiger partial charge is 0.469 e. The monoisotopic (exact) mass is 390 g/mol. The fourth-order valence-corrected chi connectivity index (χ4v) is 8.86. The molecule has 3 heteroatoms. The zero-order chi connectivity index (χ0) is 20.1. The summed E-state index contributed by atoms with van der Waals surface area (Å²) < 4.78 is 4.88. The zero-order valence-electron chi connectivity index (χ0n) is 18.6. The minimum absolute atomic E-state index is 0.0463. The molecular formula is C25H42O3. The van der Waals surface area contributed by atoms with Gasteiger partial charge in [0.15, 0.2) is 0 Å². The van der Waals surface area contributed by atoms with Crippen molar-refractivity contribution < 1.29 is 14.6 Å². The van der Waals surface area contributed by atoms with Crippen LogP contribution in [-0.4, -0.2) is 24.3 Å². The van der Waals surface area contributed by atoms with E-state index in [1.807, 2.05) is 0 Å². The van der Waals surface area contributed by atoms with Gasteiger partial charge in [-0.05, 0) is 111 Å². The Kier molecular flexibility index (Phi) is 5.61. The number of hydrogen-bond acceptors (Lipinski definition) is 3. The van der Waals surface area contributed by atoms with Crippen molar-refractivity contribution in [2.45, 2.75) is 97.5 Å². The Morgan fingerprint density at radius 1 is 1.04 bits per heavy atom. The Labute approximate surface area is 172 Å². The van der Waals surface area contributed by atoms with Crippen LogP contribution in [0.3, 0.4) is 0 Å². The van der Waals surface area contributed by atoms with Crippen molar-refractivity contribution in [3.05, 3.63) is 0 Å². The number of methoxy groups -OCH3 is 1. The van der Waals surface area contributed by atoms with Crippen molar-refractivity contribution in [1.29, 1.82) is 0 Å². The SMILES string of the molecule is COC(=O)CC[C@@H](C)[C@H]1CC[C@H]2[C@@H]3CCC4C[C@H](O)CC[C@]4(C)[C@H]3CC[C@]12C. The average Bonchev–Trinajstić information content (AvgIpc) is 3.03. The van der Waals surface area contributed by atoms with Crippen molar-refractivity contribution in [1.82, 2.24) is 0 Å². The summed E-state index contributed by atoms with van der Waals surface area (Å²) in [5, 5.41) is 10.2. The highest BCUT2D eigenvalue weighted by atomic mass is 16.5. The van der Waals surface area contributed by atoms with E-state index in [0.29, 0.717) is 23.2 Å². The standard InChI is InChI=1S/C25H42O3/c1-16(5-10-23(27)28-4)20-8-9-21-19-7-6-17-15-18(26)11-13-24(17,2)22(19)12-14-25(20,21)3/h16-22,26H,5-15H2,1-4H3/t16-,17?,18-,19+,20-,21+,22+,24+,25-/m1/s1. The highest BCUT2D eigenvalue weighted by Gasteiger charge is 2.60. The molecule has 0 aromatic heterocycles. The number of rotatable bonds is 4. The van der Waals surface area contributed by atoms with Crippen molar-refractivity contribution in [3.63, 3.8) is 0 Å². The lowest BCUT2D eigenvalue weighted by Gasteiger charge is -2.61. The molecule has 0 radical (unpaired) electrons. The molecule has 0 aromatic carbocycles. The van der Waals surface area contributed by atoms with Crippen LogP contribution < -0.4 is 0 Å². The second-order valence-corrected chi connectivity index (χ2v) is 11.4. The fourth-order valence-electron chi connectivity index (χ4n) is 8.86. The van der Waals surface area contributed by atoms with E-state index >= 15 is 0 Å². The summed E-state index contributed by atoms with van der Waals surface area (Å²) in [5.41, 5.74) is 0.937. The molecule has 0 bridgehead atoms. The van der Waals surface area contributed by atoms with Crippen LogP contribution in [0.25, 0.3) is 0 Å². The molecule has 0 spiro atoms. The molecule has 4 saturated carbocycles. The van der Waals surface area contributed by atoms with E-state index in [1.165, 1.54) is 52.1 Å². The van der Waals surface area contributed by atoms with Crippen LogP contribution in [0.15, 0.2) is 0 Å². The lowest BCUT2D eigenvalue weighted by molar-refractivity contribution is -0.141. The quantitative estimate of drug-likeness (QED) is 0.636. The first-order valence-electron chi connectivity index (χ1n) is 12.0. The first kappa shape index (κ1) is 20.7. The minimum atomic E-state index is -0.0546. The normalized spacial score (nSPS) is 48.9. The first-order chi connectivity index (χ1) is 13.3. The molecule has 4 rings (SSSR count). The molecular weight excluding hydrogens is 348 g/mol. The maximum absolute atomic E-state index is 11.6. The number of aliphatic hydroxyl groups is 1. The number of ether oxygens (including phenoxy) is 1. The Morgan fingerprint density at radius 2 is 1.75 bits per heavy atom. The number of fused-ring (bicyclic) bond motifs is 5. The molecule has 3 nitrogen and oxygen atoms in total. The highest BCUT2D eigenvalue weighted by Crippen LogP contribution is 2.68. The van der Waals surface area contributed by atoms with Crippen LogP contribution in [0.2, 0.25) is 0 Å². The molecule has 160 valence electrons. The third-order valence-corrected chi connectivity index (χ3v) is 10.4. The van der Waals surface area contributed by atoms with E-state index in [-0.39, 0.29) is 12.1 Å². The molecule has 28 heavy (non-hydrogen) atoms. The van der Waals surface area contributed by atoms with Gasteiger partial charge in [-0.3, -0.25) is 4.79 Å². The smallest absolute Gasteiger partial charge is 0.305 e. The Morgan fingerprint density at radius 3 is 2.50 bits per heavy atom. The molecule has 0 saturated heterocycles. The zero-order valence-corrected chi connectivity index (χ0v) is 18.6. The molecule has 0 aliphatic heterocycles. The van der Waals surface area contributed by atoms with Gasteiger partial charge >= 0.3 is 5.97 Å². The summed E-state index contributed by atoms with van der Waals surface area (Å²) in [4.78, 5) is 11.6. The van der Waals surface area contributed by atoms with Crippen LogP contribution in [0.4, 0.5) is 0 Å². The minimum Gasteiger partial charge on any atom is -0.469 e. The van der Waals surface area contributed by atoms with Gasteiger partial charge in [0.05, 0.1) is 13.2 Å². The molecule has 1 unspecified atom stereocenters. The van der Waals surface area contributed by atoms with Gasteiger partial charge in [0.2, 0.25) is 0 Å². The van der Waals surface area contributed by atoms with Gasteiger partial charge in [-0.15, -0.1) is 0 Å². The maximum Gasteiger partial charge on any atom is 0.305 e. The third kappa shape index (κ3) is 3.24. The highest BCUT2D eigenvalue weighted by molar-refractivity contribution is 5.69. The van der Waals surface area contributed by atoms with Crippen LogP contribution in [0.1, 0.15) is 91.4 Å². The van der Waals surface area contributed by atoms with E-state index in [4.69, 9.17) is 4.74 Å². The lowest BCUT2D eigenvalue weighted by Crippen LogP contribution is -2.54. The molecule has 0 amide bonds. The van der Waals surface area contributed by atoms with E-state index < -0.39 is 0 Å². The van der Waals surface area contributed by atoms with Crippen LogP contribution >= 0.6 is 0 Å². The Balaban J connectivity index is 1.48. The third-order valence-electron chi connectivity index (χ3n) is 10.4. The second-order valence-electron chi connectivity index (χ2n) is 11.4. The molecule has 4 aliphatic rings. The summed E-state index contributed by atoms with van der Waals surface area (Å²) in [7, 11) is 1.50. The molecule has 9 atom stereocenters. The van der Waals surface area contributed by atoms with E-state index in [2.05, 4.69) is 20.8 Å². The lowest BCUT2D eigenvalue weighted by atomic mass is 9.44. The van der Waals surface area contributed by atoms with Crippen LogP contribution in [-0.2, 0) is 9.53 Å². The van der Waals surface area contributed by atoms with Crippen molar-refractivity contribution in [2.75, 3.05) is 7.11 Å². The molecule has 0 aromatic rings. The van der Waals surface area contributed by atoms with Crippen LogP contribution in [0, 0.1) is 46.3 Å². The second kappa shape index (κ2) is 7.60. The predicted octanol–water partition coefficient (Wildman–Crippen LogP) is 5.60. The Bertz CT molecular complexity index is 588. The van der Waals surface area contributed by atoms with E-state index in [9.17, 15) is 9.90 Å². The summed E-state index contributed by atoms with van der Waals surface area (Å²) in [5.74, 6) is 4.72. The molecule has 4 aliphatic carbocycles. The molecule has 4 fully saturated rings. The van der Waals surface area contributed by atoms with E-state index in [1.54, 1.807) is 0 Å². The van der Waals surface area contributed by atoms with Gasteiger partial charge in [-0.2, -0.15) is 0 Å². The van der Waals surface area contributed by atoms with Gasteiger partial charge in [0.1, 0.15) is 0 Å². The van der Waals surface area contributed by atoms with Crippen molar-refractivity contribution >= 4 is 5.97 Å². The number of aliphatic hydroxyl groups excluding tert-OH is 1. The Hall–Kier alpha value is -0.570. The maximum atomic E-state index is 11.6. The summed E-state index contributed by atoms with van der Waals surface area (Å²) in [6.45, 7) is 7.56. The predicted molar refractivity (Wildman–Crippen MR) is 112 cm³/mol. The number of esters is 1. The van der Waals surface area contributed by atoms with E-state index in [0.717, 1.165) is 48.9 Å².